The van der Waals surface area contributed by atoms with Crippen LogP contribution in [0.25, 0.3) is 11.0 Å². The van der Waals surface area contributed by atoms with Crippen molar-refractivity contribution in [3.63, 3.8) is 0 Å². The quantitative estimate of drug-likeness (QED) is 0.601. The number of benzene rings is 2. The first kappa shape index (κ1) is 19.1. The van der Waals surface area contributed by atoms with E-state index in [0.717, 1.165) is 0 Å². The van der Waals surface area contributed by atoms with Gasteiger partial charge in [-0.1, -0.05) is 12.1 Å². The number of imidazole rings is 1. The first-order chi connectivity index (χ1) is 14.9. The maximum Gasteiger partial charge on any atom is 0.323 e. The topological polar surface area (TPSA) is 118 Å². The first-order valence-electron chi connectivity index (χ1n) is 10.1. The second-order valence-electron chi connectivity index (χ2n) is 8.06. The highest BCUT2D eigenvalue weighted by molar-refractivity contribution is 6.10. The molecule has 3 amide bonds. The zero-order chi connectivity index (χ0) is 21.8. The van der Waals surface area contributed by atoms with Crippen LogP contribution < -0.4 is 15.9 Å². The molecule has 0 bridgehead atoms. The number of aromatic nitrogens is 2. The molecule has 0 saturated carbocycles. The lowest BCUT2D eigenvalue weighted by atomic mass is 9.98. The zero-order valence-electron chi connectivity index (χ0n) is 16.9. The van der Waals surface area contributed by atoms with Crippen molar-refractivity contribution in [2.75, 3.05) is 16.8 Å². The number of nitrogens with one attached hydrogen (secondary N) is 3. The molecular weight excluding hydrogens is 398 g/mol. The Hall–Kier alpha value is -3.88. The monoisotopic (exact) mass is 419 g/mol. The lowest BCUT2D eigenvalue weighted by Crippen LogP contribution is -2.62. The van der Waals surface area contributed by atoms with E-state index < -0.39 is 5.66 Å². The average molecular weight is 419 g/mol. The summed E-state index contributed by atoms with van der Waals surface area (Å²) in [6, 6.07) is 12.2. The molecule has 9 heteroatoms. The second kappa shape index (κ2) is 6.83. The highest BCUT2D eigenvalue weighted by Crippen LogP contribution is 2.43. The van der Waals surface area contributed by atoms with Crippen LogP contribution in [0.3, 0.4) is 0 Å². The van der Waals surface area contributed by atoms with Crippen molar-refractivity contribution in [3.8, 4) is 0 Å². The Morgan fingerprint density at radius 3 is 2.71 bits per heavy atom. The summed E-state index contributed by atoms with van der Waals surface area (Å²) in [6.07, 6.45) is 0.952. The minimum atomic E-state index is -0.785. The summed E-state index contributed by atoms with van der Waals surface area (Å²) in [5, 5.41) is 2.80. The molecule has 1 saturated heterocycles. The molecule has 31 heavy (non-hydrogen) atoms. The molecule has 0 unspecified atom stereocenters. The van der Waals surface area contributed by atoms with E-state index in [2.05, 4.69) is 15.3 Å². The number of carbonyl (C=O) groups is 3. The Bertz CT molecular complexity index is 1290. The summed E-state index contributed by atoms with van der Waals surface area (Å²) in [5.41, 5.74) is 1.80. The molecule has 2 aliphatic rings. The van der Waals surface area contributed by atoms with Crippen molar-refractivity contribution in [1.82, 2.24) is 14.9 Å². The Balaban J connectivity index is 1.35. The largest absolute Gasteiger partial charge is 0.326 e. The molecule has 9 nitrogen and oxygen atoms in total. The second-order valence-corrected chi connectivity index (χ2v) is 8.06. The average Bonchev–Trinajstić information content (AvgIpc) is 3.26. The minimum Gasteiger partial charge on any atom is -0.326 e. The van der Waals surface area contributed by atoms with E-state index in [-0.39, 0.29) is 36.4 Å². The number of hydrogen-bond acceptors (Lipinski definition) is 4. The van der Waals surface area contributed by atoms with Gasteiger partial charge in [-0.15, -0.1) is 0 Å². The summed E-state index contributed by atoms with van der Waals surface area (Å²) in [4.78, 5) is 58.4. The number of aromatic amines is 2. The maximum absolute atomic E-state index is 13.2. The van der Waals surface area contributed by atoms with Crippen molar-refractivity contribution >= 4 is 40.1 Å². The number of carbonyl (C=O) groups excluding carboxylic acids is 3. The maximum atomic E-state index is 13.2. The molecule has 1 fully saturated rings. The van der Waals surface area contributed by atoms with Gasteiger partial charge in [0.15, 0.2) is 0 Å². The van der Waals surface area contributed by atoms with E-state index in [1.165, 1.54) is 0 Å². The highest BCUT2D eigenvalue weighted by Gasteiger charge is 2.52. The summed E-state index contributed by atoms with van der Waals surface area (Å²) in [5.74, 6) is -0.461. The number of hydrogen-bond donors (Lipinski definition) is 3. The Morgan fingerprint density at radius 1 is 1.10 bits per heavy atom. The van der Waals surface area contributed by atoms with E-state index in [1.54, 1.807) is 46.2 Å². The Kier molecular flexibility index (Phi) is 4.21. The number of amides is 3. The minimum absolute atomic E-state index is 0.0225. The third-order valence-electron chi connectivity index (χ3n) is 6.11. The molecule has 0 spiro atoms. The van der Waals surface area contributed by atoms with E-state index in [0.29, 0.717) is 40.8 Å². The molecule has 1 atom stereocenters. The zero-order valence-corrected chi connectivity index (χ0v) is 16.9. The van der Waals surface area contributed by atoms with Crippen LogP contribution in [0.5, 0.6) is 0 Å². The normalized spacial score (nSPS) is 20.2. The summed E-state index contributed by atoms with van der Waals surface area (Å²) < 4.78 is 0. The fourth-order valence-corrected chi connectivity index (χ4v) is 4.59. The number of nitrogens with zero attached hydrogens (tertiary/aromatic N) is 2. The van der Waals surface area contributed by atoms with Crippen LogP contribution in [-0.4, -0.2) is 44.8 Å². The van der Waals surface area contributed by atoms with Crippen molar-refractivity contribution in [1.29, 1.82) is 0 Å². The van der Waals surface area contributed by atoms with Gasteiger partial charge in [0.05, 0.1) is 22.3 Å². The van der Waals surface area contributed by atoms with Gasteiger partial charge in [-0.05, 0) is 43.7 Å². The van der Waals surface area contributed by atoms with Gasteiger partial charge in [0.25, 0.3) is 5.91 Å². The third kappa shape index (κ3) is 3.00. The van der Waals surface area contributed by atoms with Gasteiger partial charge in [-0.2, -0.15) is 0 Å². The molecule has 0 radical (unpaired) electrons. The Labute approximate surface area is 177 Å². The van der Waals surface area contributed by atoms with Gasteiger partial charge in [-0.25, -0.2) is 4.79 Å². The predicted molar refractivity (Wildman–Crippen MR) is 115 cm³/mol. The standard InChI is InChI=1S/C22H21N5O4/c1-22-10-8-19(29)27(22)17-5-3-2-4-14(17)20(30)26(22)11-9-18(28)23-13-6-7-15-16(12-13)25-21(31)24-15/h2-7,12H,8-11H2,1H3,(H,23,28)(H2,24,25,31)/t22-/m0/s1. The summed E-state index contributed by atoms with van der Waals surface area (Å²) >= 11 is 0. The molecule has 5 rings (SSSR count). The number of fused-ring (bicyclic) bond motifs is 4. The number of rotatable bonds is 4. The van der Waals surface area contributed by atoms with Crippen molar-refractivity contribution < 1.29 is 14.4 Å². The molecule has 1 aromatic heterocycles. The lowest BCUT2D eigenvalue weighted by molar-refractivity contribution is -0.117. The lowest BCUT2D eigenvalue weighted by Gasteiger charge is -2.48. The van der Waals surface area contributed by atoms with Gasteiger partial charge in [0.1, 0.15) is 5.66 Å². The number of para-hydroxylation sites is 1. The molecule has 2 aromatic carbocycles. The molecule has 158 valence electrons. The summed E-state index contributed by atoms with van der Waals surface area (Å²) in [7, 11) is 0. The van der Waals surface area contributed by atoms with Crippen LogP contribution in [0, 0.1) is 0 Å². The fourth-order valence-electron chi connectivity index (χ4n) is 4.59. The van der Waals surface area contributed by atoms with Crippen LogP contribution in [-0.2, 0) is 9.59 Å². The molecule has 3 N–H and O–H groups in total. The van der Waals surface area contributed by atoms with Crippen LogP contribution in [0.2, 0.25) is 0 Å². The predicted octanol–water partition coefficient (Wildman–Crippen LogP) is 2.18. The van der Waals surface area contributed by atoms with Crippen LogP contribution >= 0.6 is 0 Å². The number of anilines is 2. The van der Waals surface area contributed by atoms with Gasteiger partial charge in [0, 0.05) is 25.1 Å². The summed E-state index contributed by atoms with van der Waals surface area (Å²) in [6.45, 7) is 2.06. The van der Waals surface area contributed by atoms with E-state index in [1.807, 2.05) is 13.0 Å². The molecule has 3 heterocycles. The molecule has 2 aliphatic heterocycles. The third-order valence-corrected chi connectivity index (χ3v) is 6.11. The first-order valence-corrected chi connectivity index (χ1v) is 10.1. The van der Waals surface area contributed by atoms with Gasteiger partial charge < -0.3 is 20.2 Å². The fraction of sp³-hybridized carbons (Fsp3) is 0.273. The van der Waals surface area contributed by atoms with Gasteiger partial charge >= 0.3 is 5.69 Å². The van der Waals surface area contributed by atoms with Crippen LogP contribution in [0.4, 0.5) is 11.4 Å². The van der Waals surface area contributed by atoms with E-state index in [9.17, 15) is 19.2 Å². The van der Waals surface area contributed by atoms with E-state index >= 15 is 0 Å². The molecular formula is C22H21N5O4. The van der Waals surface area contributed by atoms with Crippen molar-refractivity contribution in [3.05, 3.63) is 58.5 Å². The molecule has 3 aromatic rings. The highest BCUT2D eigenvalue weighted by atomic mass is 16.2. The van der Waals surface area contributed by atoms with E-state index in [4.69, 9.17) is 0 Å². The smallest absolute Gasteiger partial charge is 0.323 e. The van der Waals surface area contributed by atoms with Crippen LogP contribution in [0.1, 0.15) is 36.5 Å². The van der Waals surface area contributed by atoms with Crippen molar-refractivity contribution in [2.24, 2.45) is 0 Å². The van der Waals surface area contributed by atoms with Crippen molar-refractivity contribution in [2.45, 2.75) is 31.8 Å². The SMILES string of the molecule is C[C@@]12CCC(=O)N1c1ccccc1C(=O)N2CCC(=O)Nc1ccc2[nH]c(=O)[nH]c2c1. The van der Waals surface area contributed by atoms with Gasteiger partial charge in [-0.3, -0.25) is 19.3 Å². The van der Waals surface area contributed by atoms with Gasteiger partial charge in [0.2, 0.25) is 11.8 Å². The Morgan fingerprint density at radius 2 is 1.87 bits per heavy atom. The molecule has 0 aliphatic carbocycles. The van der Waals surface area contributed by atoms with Crippen LogP contribution in [0.15, 0.2) is 47.3 Å². The number of H-pyrrole nitrogens is 2.